The molecule has 0 bridgehead atoms. The van der Waals surface area contributed by atoms with Gasteiger partial charge in [-0.2, -0.15) is 0 Å². The summed E-state index contributed by atoms with van der Waals surface area (Å²) in [6.07, 6.45) is 4.50. The zero-order valence-electron chi connectivity index (χ0n) is 61.2. The van der Waals surface area contributed by atoms with Gasteiger partial charge in [0.15, 0.2) is 22.1 Å². The van der Waals surface area contributed by atoms with Crippen molar-refractivity contribution < 1.29 is 19.7 Å². The molecule has 0 aliphatic carbocycles. The van der Waals surface area contributed by atoms with Gasteiger partial charge in [0.2, 0.25) is 0 Å². The van der Waals surface area contributed by atoms with E-state index in [-0.39, 0.29) is 22.7 Å². The molecule has 108 heavy (non-hydrogen) atoms. The molecule has 0 aliphatic heterocycles. The number of nitro groups is 4. The molecule has 16 rings (SSSR count). The maximum absolute atomic E-state index is 11.3. The fourth-order valence-corrected chi connectivity index (χ4v) is 11.9. The predicted octanol–water partition coefficient (Wildman–Crippen LogP) is 19.8. The highest BCUT2D eigenvalue weighted by atomic mass is 16.6. The highest BCUT2D eigenvalue weighted by molar-refractivity contribution is 5.91. The van der Waals surface area contributed by atoms with E-state index in [4.69, 9.17) is 15.0 Å². The van der Waals surface area contributed by atoms with Crippen LogP contribution < -0.4 is 0 Å². The molecule has 536 valence electrons. The van der Waals surface area contributed by atoms with Gasteiger partial charge in [0.1, 0.15) is 0 Å². The average molecular weight is 1430 g/mol. The van der Waals surface area contributed by atoms with E-state index in [0.29, 0.717) is 72.1 Å². The van der Waals surface area contributed by atoms with Crippen LogP contribution in [-0.4, -0.2) is 79.5 Å². The summed E-state index contributed by atoms with van der Waals surface area (Å²) in [5.74, 6) is 0. The number of nitrogens with zero attached hydrogens (tertiary/aromatic N) is 16. The Balaban J connectivity index is 0.000000130. The number of nitro benzene ring substituents is 4. The Kier molecular flexibility index (Phi) is 23.0. The second-order valence-electron chi connectivity index (χ2n) is 25.6. The second-order valence-corrected chi connectivity index (χ2v) is 25.6. The van der Waals surface area contributed by atoms with Crippen LogP contribution >= 0.6 is 0 Å². The molecule has 0 N–H and O–H groups in total. The largest absolute Gasteiger partial charge is 0.299 e. The van der Waals surface area contributed by atoms with Gasteiger partial charge in [-0.25, -0.2) is 54.8 Å². The van der Waals surface area contributed by atoms with Crippen molar-refractivity contribution in [2.45, 2.75) is 83.1 Å². The van der Waals surface area contributed by atoms with Crippen LogP contribution in [0.2, 0.25) is 0 Å². The third-order valence-corrected chi connectivity index (χ3v) is 17.4. The topological polar surface area (TPSA) is 327 Å². The Morgan fingerprint density at radius 1 is 0.250 bits per heavy atom. The summed E-state index contributed by atoms with van der Waals surface area (Å²) in [6.45, 7) is 22.4. The van der Waals surface area contributed by atoms with E-state index >= 15 is 0 Å². The Bertz CT molecular complexity index is 6120. The first-order valence-electron chi connectivity index (χ1n) is 34.1. The highest BCUT2D eigenvalue weighted by Gasteiger charge is 2.23. The van der Waals surface area contributed by atoms with Crippen LogP contribution in [0.25, 0.3) is 111 Å². The van der Waals surface area contributed by atoms with Gasteiger partial charge in [-0.1, -0.05) is 157 Å². The molecular formula is C84H72N16O8. The number of fused-ring (bicyclic) bond motifs is 6. The van der Waals surface area contributed by atoms with E-state index in [0.717, 1.165) is 89.9 Å². The first-order chi connectivity index (χ1) is 51.8. The lowest BCUT2D eigenvalue weighted by Gasteiger charge is -2.11. The van der Waals surface area contributed by atoms with E-state index in [1.165, 1.54) is 35.3 Å². The van der Waals surface area contributed by atoms with Gasteiger partial charge in [0.25, 0.3) is 22.7 Å². The van der Waals surface area contributed by atoms with Gasteiger partial charge < -0.3 is 0 Å². The first kappa shape index (κ1) is 75.0. The minimum absolute atomic E-state index is 0.0252. The molecular weight excluding hydrogens is 1360 g/mol. The van der Waals surface area contributed by atoms with Gasteiger partial charge in [0, 0.05) is 63.1 Å². The van der Waals surface area contributed by atoms with Crippen LogP contribution in [0.1, 0.15) is 67.4 Å². The lowest BCUT2D eigenvalue weighted by molar-refractivity contribution is -0.383. The minimum Gasteiger partial charge on any atom is -0.258 e. The van der Waals surface area contributed by atoms with Gasteiger partial charge in [-0.3, -0.25) is 45.4 Å². The summed E-state index contributed by atoms with van der Waals surface area (Å²) in [4.78, 5) is 95.3. The average Bonchev–Trinajstić information content (AvgIpc) is 0.792. The van der Waals surface area contributed by atoms with Crippen LogP contribution in [0.4, 0.5) is 22.7 Å². The molecule has 0 saturated heterocycles. The third-order valence-electron chi connectivity index (χ3n) is 17.4. The SMILES string of the molecule is Cc1ccc(-c2nc3cc(C)ccc3nc2-c2ccccc2)cc1.Cc1ccc2nc(-c3ccccc3)c(C)nc2c1.Cc1ccc2nc(C)c(-c3ccccc3)nc2c1[N+](=O)[O-].Cc1ccc2nc(C)c(C)nc2c1[N+](=O)[O-].Cc1ccc2nccnc2c1[N+](=O)[O-].Cc1cnc2c([N+](=O)[O-])c(C)ccc2n1. The van der Waals surface area contributed by atoms with Crippen molar-refractivity contribution in [3.8, 4) is 45.0 Å². The maximum atomic E-state index is 11.3. The molecule has 0 saturated carbocycles. The monoisotopic (exact) mass is 1430 g/mol. The lowest BCUT2D eigenvalue weighted by Crippen LogP contribution is -1.99. The Morgan fingerprint density at radius 3 is 1.05 bits per heavy atom. The number of hydrogen-bond donors (Lipinski definition) is 0. The van der Waals surface area contributed by atoms with Gasteiger partial charge in [-0.15, -0.1) is 0 Å². The maximum Gasteiger partial charge on any atom is 0.299 e. The number of aryl methyl sites for hydroxylation is 12. The summed E-state index contributed by atoms with van der Waals surface area (Å²) < 4.78 is 0. The number of rotatable bonds is 8. The van der Waals surface area contributed by atoms with E-state index < -0.39 is 19.7 Å². The predicted molar refractivity (Wildman–Crippen MR) is 422 cm³/mol. The Morgan fingerprint density at radius 2 is 0.574 bits per heavy atom. The molecule has 0 unspecified atom stereocenters. The molecule has 0 aliphatic rings. The van der Waals surface area contributed by atoms with Crippen molar-refractivity contribution in [1.82, 2.24) is 59.8 Å². The van der Waals surface area contributed by atoms with Crippen molar-refractivity contribution in [2.75, 3.05) is 0 Å². The quantitative estimate of drug-likeness (QED) is 0.101. The highest BCUT2D eigenvalue weighted by Crippen LogP contribution is 2.35. The second kappa shape index (κ2) is 33.1. The molecule has 0 spiro atoms. The molecule has 10 aromatic carbocycles. The smallest absolute Gasteiger partial charge is 0.258 e. The molecule has 24 nitrogen and oxygen atoms in total. The van der Waals surface area contributed by atoms with Crippen LogP contribution in [-0.2, 0) is 0 Å². The van der Waals surface area contributed by atoms with Crippen molar-refractivity contribution in [3.63, 3.8) is 0 Å². The molecule has 24 heteroatoms. The normalized spacial score (nSPS) is 10.7. The number of aromatic nitrogens is 12. The van der Waals surface area contributed by atoms with Gasteiger partial charge in [0.05, 0.1) is 115 Å². The summed E-state index contributed by atoms with van der Waals surface area (Å²) >= 11 is 0. The van der Waals surface area contributed by atoms with E-state index in [1.54, 1.807) is 90.1 Å². The molecule has 0 atom stereocenters. The Labute approximate surface area is 620 Å². The molecule has 16 aromatic rings. The number of hydrogen-bond acceptors (Lipinski definition) is 20. The number of benzene rings is 10. The van der Waals surface area contributed by atoms with Crippen LogP contribution in [0.5, 0.6) is 0 Å². The molecule has 0 radical (unpaired) electrons. The summed E-state index contributed by atoms with van der Waals surface area (Å²) in [5.41, 5.74) is 25.3. The summed E-state index contributed by atoms with van der Waals surface area (Å²) in [7, 11) is 0. The fraction of sp³-hybridized carbons (Fsp3) is 0.143. The van der Waals surface area contributed by atoms with Crippen LogP contribution in [0.15, 0.2) is 219 Å². The van der Waals surface area contributed by atoms with Gasteiger partial charge >= 0.3 is 0 Å². The van der Waals surface area contributed by atoms with Crippen LogP contribution in [0.3, 0.4) is 0 Å². The Hall–Kier alpha value is -14.2. The lowest BCUT2D eigenvalue weighted by atomic mass is 10.0. The molecule has 0 fully saturated rings. The summed E-state index contributed by atoms with van der Waals surface area (Å²) in [6, 6.07) is 64.7. The fourth-order valence-electron chi connectivity index (χ4n) is 11.9. The molecule has 6 heterocycles. The molecule has 0 amide bonds. The van der Waals surface area contributed by atoms with Crippen molar-refractivity contribution in [2.24, 2.45) is 0 Å². The van der Waals surface area contributed by atoms with Crippen molar-refractivity contribution in [3.05, 3.63) is 327 Å². The van der Waals surface area contributed by atoms with E-state index in [9.17, 15) is 40.5 Å². The third kappa shape index (κ3) is 17.2. The van der Waals surface area contributed by atoms with Crippen LogP contribution in [0, 0.1) is 124 Å². The zero-order valence-corrected chi connectivity index (χ0v) is 61.2. The van der Waals surface area contributed by atoms with Crippen molar-refractivity contribution in [1.29, 1.82) is 0 Å². The van der Waals surface area contributed by atoms with E-state index in [2.05, 4.69) is 138 Å². The standard InChI is InChI=1S/C22H18N2.C16H13N3O2.C16H14N2.C11H11N3O2.C10H9N3O2.C9H7N3O2/c1-15-8-11-18(12-9-15)22-21(17-6-4-3-5-7-17)23-19-13-10-16(2)14-20(19)24-22;1-10-8-9-13-15(16(10)19(20)21)18-14(11(2)17-13)12-6-4-3-5-7-12;1-11-8-9-14-15(10-11)17-12(2)16(18-14)13-6-4-3-5-7-13;1-6-4-5-9-10(11(6)14(15)16)13-8(3)7(2)12-9;1-6-3-4-8-9(10(6)13(14)15)11-5-7(2)12-8;1-6-2-3-7-8(9(6)12(13)14)11-5-4-10-7/h3-14H,1-2H3;3-9H,1-2H3;3-10H,1-2H3;4-5H,1-3H3;3-5H,1-2H3;2-5H,1H3. The zero-order chi connectivity index (χ0) is 77.0. The molecule has 6 aromatic heterocycles. The van der Waals surface area contributed by atoms with Crippen molar-refractivity contribution >= 4 is 88.9 Å². The van der Waals surface area contributed by atoms with E-state index in [1.807, 2.05) is 99.6 Å². The first-order valence-corrected chi connectivity index (χ1v) is 34.1. The minimum atomic E-state index is -0.424. The summed E-state index contributed by atoms with van der Waals surface area (Å²) in [5, 5.41) is 43.9. The van der Waals surface area contributed by atoms with Gasteiger partial charge in [-0.05, 0) is 143 Å².